The van der Waals surface area contributed by atoms with Gasteiger partial charge in [0.15, 0.2) is 0 Å². The van der Waals surface area contributed by atoms with Crippen LogP contribution in [0.4, 0.5) is 4.39 Å². The number of nitrogens with two attached hydrogens (primary N) is 1. The fraction of sp³-hybridized carbons (Fsp3) is 0.500. The smallest absolute Gasteiger partial charge is 0.127 e. The van der Waals surface area contributed by atoms with Crippen LogP contribution in [0.1, 0.15) is 18.4 Å². The van der Waals surface area contributed by atoms with Crippen molar-refractivity contribution in [2.24, 2.45) is 5.73 Å². The van der Waals surface area contributed by atoms with E-state index in [1.54, 1.807) is 12.1 Å². The molecule has 0 amide bonds. The van der Waals surface area contributed by atoms with E-state index >= 15 is 0 Å². The van der Waals surface area contributed by atoms with Gasteiger partial charge in [0.25, 0.3) is 0 Å². The van der Waals surface area contributed by atoms with Crippen molar-refractivity contribution in [2.45, 2.75) is 24.0 Å². The number of benzene rings is 1. The van der Waals surface area contributed by atoms with Crippen molar-refractivity contribution in [1.29, 1.82) is 0 Å². The highest BCUT2D eigenvalue weighted by Crippen LogP contribution is 2.40. The van der Waals surface area contributed by atoms with Crippen LogP contribution >= 0.6 is 23.4 Å². The Bertz CT molecular complexity index is 377. The van der Waals surface area contributed by atoms with Crippen LogP contribution in [-0.4, -0.2) is 17.0 Å². The minimum Gasteiger partial charge on any atom is -0.329 e. The molecule has 1 aromatic carbocycles. The molecule has 0 aromatic heterocycles. The van der Waals surface area contributed by atoms with Crippen molar-refractivity contribution in [1.82, 2.24) is 0 Å². The van der Waals surface area contributed by atoms with Gasteiger partial charge in [0, 0.05) is 16.3 Å². The van der Waals surface area contributed by atoms with Crippen LogP contribution in [-0.2, 0) is 6.42 Å². The minimum absolute atomic E-state index is 0.0364. The van der Waals surface area contributed by atoms with Gasteiger partial charge in [-0.3, -0.25) is 0 Å². The zero-order valence-electron chi connectivity index (χ0n) is 9.01. The molecular formula is C12H15ClFNS. The van der Waals surface area contributed by atoms with E-state index in [4.69, 9.17) is 17.3 Å². The SMILES string of the molecule is NCC1(Cc2ccc(Cl)cc2F)CCCS1. The summed E-state index contributed by atoms with van der Waals surface area (Å²) in [4.78, 5) is 0. The molecule has 1 heterocycles. The molecule has 16 heavy (non-hydrogen) atoms. The van der Waals surface area contributed by atoms with E-state index in [-0.39, 0.29) is 10.6 Å². The second-order valence-electron chi connectivity index (χ2n) is 4.25. The maximum Gasteiger partial charge on any atom is 0.127 e. The Kier molecular flexibility index (Phi) is 3.77. The van der Waals surface area contributed by atoms with Gasteiger partial charge in [0.2, 0.25) is 0 Å². The number of hydrogen-bond acceptors (Lipinski definition) is 2. The molecule has 0 radical (unpaired) electrons. The van der Waals surface area contributed by atoms with Gasteiger partial charge in [-0.25, -0.2) is 4.39 Å². The van der Waals surface area contributed by atoms with Crippen LogP contribution in [0, 0.1) is 5.82 Å². The maximum atomic E-state index is 13.7. The summed E-state index contributed by atoms with van der Waals surface area (Å²) in [6, 6.07) is 4.89. The molecule has 0 aliphatic carbocycles. The van der Waals surface area contributed by atoms with Gasteiger partial charge in [0.1, 0.15) is 5.82 Å². The van der Waals surface area contributed by atoms with Crippen LogP contribution < -0.4 is 5.73 Å². The Labute approximate surface area is 105 Å². The van der Waals surface area contributed by atoms with Gasteiger partial charge in [-0.2, -0.15) is 11.8 Å². The largest absolute Gasteiger partial charge is 0.329 e. The Hall–Kier alpha value is -0.250. The molecule has 0 bridgehead atoms. The number of thioether (sulfide) groups is 1. The van der Waals surface area contributed by atoms with E-state index in [2.05, 4.69) is 0 Å². The molecule has 4 heteroatoms. The number of hydrogen-bond donors (Lipinski definition) is 1. The molecule has 1 fully saturated rings. The van der Waals surface area contributed by atoms with Gasteiger partial charge in [-0.15, -0.1) is 0 Å². The normalized spacial score (nSPS) is 24.9. The highest BCUT2D eigenvalue weighted by molar-refractivity contribution is 8.00. The third-order valence-corrected chi connectivity index (χ3v) is 4.94. The first-order valence-electron chi connectivity index (χ1n) is 5.43. The Morgan fingerprint density at radius 3 is 2.88 bits per heavy atom. The van der Waals surface area contributed by atoms with E-state index in [1.807, 2.05) is 11.8 Å². The Morgan fingerprint density at radius 1 is 1.50 bits per heavy atom. The topological polar surface area (TPSA) is 26.0 Å². The van der Waals surface area contributed by atoms with Gasteiger partial charge in [-0.05, 0) is 42.7 Å². The number of rotatable bonds is 3. The first-order valence-corrected chi connectivity index (χ1v) is 6.79. The van der Waals surface area contributed by atoms with Crippen molar-refractivity contribution in [2.75, 3.05) is 12.3 Å². The molecular weight excluding hydrogens is 245 g/mol. The molecule has 2 N–H and O–H groups in total. The zero-order chi connectivity index (χ0) is 11.6. The molecule has 2 rings (SSSR count). The number of halogens is 2. The van der Waals surface area contributed by atoms with Crippen molar-refractivity contribution in [3.8, 4) is 0 Å². The monoisotopic (exact) mass is 259 g/mol. The first-order chi connectivity index (χ1) is 7.65. The minimum atomic E-state index is -0.215. The molecule has 88 valence electrons. The third-order valence-electron chi connectivity index (χ3n) is 3.08. The highest BCUT2D eigenvalue weighted by Gasteiger charge is 2.34. The van der Waals surface area contributed by atoms with Crippen molar-refractivity contribution < 1.29 is 4.39 Å². The summed E-state index contributed by atoms with van der Waals surface area (Å²) in [5.74, 6) is 0.916. The summed E-state index contributed by atoms with van der Waals surface area (Å²) in [5, 5.41) is 0.446. The molecule has 1 nitrogen and oxygen atoms in total. The quantitative estimate of drug-likeness (QED) is 0.902. The Balaban J connectivity index is 2.19. The fourth-order valence-corrected chi connectivity index (χ4v) is 3.68. The second kappa shape index (κ2) is 4.94. The summed E-state index contributed by atoms with van der Waals surface area (Å²) in [5.41, 5.74) is 6.55. The summed E-state index contributed by atoms with van der Waals surface area (Å²) >= 11 is 7.61. The van der Waals surface area contributed by atoms with Crippen molar-refractivity contribution in [3.63, 3.8) is 0 Å². The van der Waals surface area contributed by atoms with E-state index < -0.39 is 0 Å². The summed E-state index contributed by atoms with van der Waals surface area (Å²) in [7, 11) is 0. The van der Waals surface area contributed by atoms with Crippen LogP contribution in [0.25, 0.3) is 0 Å². The molecule has 1 aliphatic heterocycles. The molecule has 1 atom stereocenters. The predicted octanol–water partition coefficient (Wildman–Crippen LogP) is 3.25. The lowest BCUT2D eigenvalue weighted by Crippen LogP contribution is -2.34. The lowest BCUT2D eigenvalue weighted by Gasteiger charge is -2.26. The lowest BCUT2D eigenvalue weighted by atomic mass is 9.94. The first kappa shape index (κ1) is 12.2. The fourth-order valence-electron chi connectivity index (χ4n) is 2.14. The van der Waals surface area contributed by atoms with Gasteiger partial charge in [0.05, 0.1) is 0 Å². The maximum absolute atomic E-state index is 13.7. The standard InChI is InChI=1S/C12H15ClFNS/c13-10-3-2-9(11(14)6-10)7-12(8-15)4-1-5-16-12/h2-3,6H,1,4-5,7-8,15H2. The summed E-state index contributed by atoms with van der Waals surface area (Å²) in [6.07, 6.45) is 2.96. The molecule has 1 aliphatic rings. The molecule has 0 saturated carbocycles. The van der Waals surface area contributed by atoms with Crippen LogP contribution in [0.2, 0.25) is 5.02 Å². The van der Waals surface area contributed by atoms with Gasteiger partial charge >= 0.3 is 0 Å². The zero-order valence-corrected chi connectivity index (χ0v) is 10.6. The third kappa shape index (κ3) is 2.53. The Morgan fingerprint density at radius 2 is 2.31 bits per heavy atom. The van der Waals surface area contributed by atoms with E-state index in [9.17, 15) is 4.39 Å². The highest BCUT2D eigenvalue weighted by atomic mass is 35.5. The molecule has 1 saturated heterocycles. The van der Waals surface area contributed by atoms with E-state index in [0.29, 0.717) is 18.0 Å². The lowest BCUT2D eigenvalue weighted by molar-refractivity contribution is 0.538. The summed E-state index contributed by atoms with van der Waals surface area (Å²) < 4.78 is 13.7. The molecule has 1 aromatic rings. The molecule has 0 spiro atoms. The predicted molar refractivity (Wildman–Crippen MR) is 68.6 cm³/mol. The van der Waals surface area contributed by atoms with Crippen LogP contribution in [0.5, 0.6) is 0 Å². The molecule has 1 unspecified atom stereocenters. The average Bonchev–Trinajstić information content (AvgIpc) is 2.72. The average molecular weight is 260 g/mol. The van der Waals surface area contributed by atoms with Crippen LogP contribution in [0.3, 0.4) is 0 Å². The van der Waals surface area contributed by atoms with E-state index in [0.717, 1.165) is 17.7 Å². The van der Waals surface area contributed by atoms with E-state index in [1.165, 1.54) is 12.5 Å². The second-order valence-corrected chi connectivity index (χ2v) is 6.25. The summed E-state index contributed by atoms with van der Waals surface area (Å²) in [6.45, 7) is 0.611. The van der Waals surface area contributed by atoms with Gasteiger partial charge in [-0.1, -0.05) is 17.7 Å². The van der Waals surface area contributed by atoms with Crippen molar-refractivity contribution >= 4 is 23.4 Å². The van der Waals surface area contributed by atoms with Crippen LogP contribution in [0.15, 0.2) is 18.2 Å². The van der Waals surface area contributed by atoms with Crippen molar-refractivity contribution in [3.05, 3.63) is 34.6 Å². The van der Waals surface area contributed by atoms with Gasteiger partial charge < -0.3 is 5.73 Å².